The number of carboxylic acids is 1. The maximum Gasteiger partial charge on any atom is 0.356 e. The summed E-state index contributed by atoms with van der Waals surface area (Å²) >= 11 is 0. The van der Waals surface area contributed by atoms with Crippen molar-refractivity contribution in [1.29, 1.82) is 0 Å². The second-order valence-electron chi connectivity index (χ2n) is 5.87. The number of hydrogen-bond donors (Lipinski definition) is 1. The van der Waals surface area contributed by atoms with E-state index in [9.17, 15) is 9.90 Å². The zero-order chi connectivity index (χ0) is 13.3. The summed E-state index contributed by atoms with van der Waals surface area (Å²) in [4.78, 5) is 17.4. The summed E-state index contributed by atoms with van der Waals surface area (Å²) in [7, 11) is 0. The highest BCUT2D eigenvalue weighted by Gasteiger charge is 2.37. The smallest absolute Gasteiger partial charge is 0.356 e. The van der Waals surface area contributed by atoms with Crippen LogP contribution in [0.15, 0.2) is 18.3 Å². The van der Waals surface area contributed by atoms with Gasteiger partial charge in [0, 0.05) is 19.3 Å². The van der Waals surface area contributed by atoms with Gasteiger partial charge in [-0.3, -0.25) is 0 Å². The molecule has 0 atom stereocenters. The standard InChI is InChI=1S/C15H20N2O2/c18-14(19)13-12(4-3-9-16-13)17-10-7-15(8-11-17)5-1-2-6-15/h3-4,9H,1-2,5-8,10-11H2,(H,18,19). The van der Waals surface area contributed by atoms with Gasteiger partial charge >= 0.3 is 5.97 Å². The van der Waals surface area contributed by atoms with E-state index in [0.717, 1.165) is 18.8 Å². The Bertz CT molecular complexity index is 471. The molecule has 102 valence electrons. The van der Waals surface area contributed by atoms with Gasteiger partial charge in [-0.2, -0.15) is 0 Å². The van der Waals surface area contributed by atoms with Crippen molar-refractivity contribution in [3.05, 3.63) is 24.0 Å². The van der Waals surface area contributed by atoms with Crippen molar-refractivity contribution < 1.29 is 9.90 Å². The van der Waals surface area contributed by atoms with Crippen LogP contribution in [0.1, 0.15) is 49.0 Å². The Morgan fingerprint density at radius 3 is 2.53 bits per heavy atom. The topological polar surface area (TPSA) is 53.4 Å². The van der Waals surface area contributed by atoms with Crippen molar-refractivity contribution in [2.45, 2.75) is 38.5 Å². The van der Waals surface area contributed by atoms with Gasteiger partial charge in [0.05, 0.1) is 5.69 Å². The van der Waals surface area contributed by atoms with Gasteiger partial charge in [-0.05, 0) is 43.2 Å². The average Bonchev–Trinajstić information content (AvgIpc) is 2.88. The molecule has 0 unspecified atom stereocenters. The molecule has 1 spiro atoms. The Labute approximate surface area is 113 Å². The lowest BCUT2D eigenvalue weighted by atomic mass is 9.77. The van der Waals surface area contributed by atoms with Gasteiger partial charge < -0.3 is 10.0 Å². The van der Waals surface area contributed by atoms with Gasteiger partial charge in [-0.1, -0.05) is 12.8 Å². The molecule has 1 aliphatic heterocycles. The second kappa shape index (κ2) is 4.83. The molecule has 1 saturated carbocycles. The lowest BCUT2D eigenvalue weighted by Crippen LogP contribution is -2.39. The van der Waals surface area contributed by atoms with Gasteiger partial charge in [-0.25, -0.2) is 9.78 Å². The molecule has 1 N–H and O–H groups in total. The molecule has 1 aromatic heterocycles. The Kier molecular flexibility index (Phi) is 3.17. The minimum absolute atomic E-state index is 0.185. The van der Waals surface area contributed by atoms with E-state index < -0.39 is 5.97 Å². The van der Waals surface area contributed by atoms with Crippen LogP contribution in [-0.2, 0) is 0 Å². The highest BCUT2D eigenvalue weighted by Crippen LogP contribution is 2.46. The van der Waals surface area contributed by atoms with Gasteiger partial charge in [-0.15, -0.1) is 0 Å². The third-order valence-corrected chi connectivity index (χ3v) is 4.82. The van der Waals surface area contributed by atoms with Crippen LogP contribution in [0.3, 0.4) is 0 Å². The maximum atomic E-state index is 11.2. The SMILES string of the molecule is O=C(O)c1ncccc1N1CCC2(CCCC2)CC1. The molecule has 4 nitrogen and oxygen atoms in total. The molecular weight excluding hydrogens is 240 g/mol. The van der Waals surface area contributed by atoms with Crippen LogP contribution < -0.4 is 4.90 Å². The Morgan fingerprint density at radius 1 is 1.21 bits per heavy atom. The highest BCUT2D eigenvalue weighted by molar-refractivity contribution is 5.92. The second-order valence-corrected chi connectivity index (χ2v) is 5.87. The fourth-order valence-electron chi connectivity index (χ4n) is 3.66. The fourth-order valence-corrected chi connectivity index (χ4v) is 3.66. The molecule has 2 aliphatic rings. The van der Waals surface area contributed by atoms with Crippen LogP contribution in [-0.4, -0.2) is 29.1 Å². The molecule has 1 saturated heterocycles. The van der Waals surface area contributed by atoms with Crippen LogP contribution in [0.5, 0.6) is 0 Å². The molecule has 0 bridgehead atoms. The molecular formula is C15H20N2O2. The first-order valence-corrected chi connectivity index (χ1v) is 7.14. The number of pyridine rings is 1. The quantitative estimate of drug-likeness (QED) is 0.888. The molecule has 19 heavy (non-hydrogen) atoms. The van der Waals surface area contributed by atoms with E-state index in [1.165, 1.54) is 38.5 Å². The predicted molar refractivity (Wildman–Crippen MR) is 73.5 cm³/mol. The van der Waals surface area contributed by atoms with E-state index in [4.69, 9.17) is 0 Å². The summed E-state index contributed by atoms with van der Waals surface area (Å²) in [6, 6.07) is 3.70. The minimum Gasteiger partial charge on any atom is -0.476 e. The normalized spacial score (nSPS) is 21.8. The Morgan fingerprint density at radius 2 is 1.89 bits per heavy atom. The monoisotopic (exact) mass is 260 g/mol. The first-order valence-electron chi connectivity index (χ1n) is 7.14. The zero-order valence-corrected chi connectivity index (χ0v) is 11.1. The summed E-state index contributed by atoms with van der Waals surface area (Å²) in [6.45, 7) is 1.93. The lowest BCUT2D eigenvalue weighted by molar-refractivity contribution is 0.0691. The number of carbonyl (C=O) groups is 1. The van der Waals surface area contributed by atoms with E-state index in [1.54, 1.807) is 6.20 Å². The number of carboxylic acid groups (broad SMARTS) is 1. The summed E-state index contributed by atoms with van der Waals surface area (Å²) < 4.78 is 0. The average molecular weight is 260 g/mol. The van der Waals surface area contributed by atoms with Crippen molar-refractivity contribution in [2.24, 2.45) is 5.41 Å². The zero-order valence-electron chi connectivity index (χ0n) is 11.1. The number of hydrogen-bond acceptors (Lipinski definition) is 3. The molecule has 0 radical (unpaired) electrons. The van der Waals surface area contributed by atoms with Crippen molar-refractivity contribution >= 4 is 11.7 Å². The van der Waals surface area contributed by atoms with Crippen LogP contribution in [0.4, 0.5) is 5.69 Å². The first-order chi connectivity index (χ1) is 9.20. The van der Waals surface area contributed by atoms with E-state index in [2.05, 4.69) is 9.88 Å². The van der Waals surface area contributed by atoms with Crippen molar-refractivity contribution in [2.75, 3.05) is 18.0 Å². The molecule has 1 aliphatic carbocycles. The van der Waals surface area contributed by atoms with Crippen molar-refractivity contribution in [3.8, 4) is 0 Å². The first kappa shape index (κ1) is 12.5. The van der Waals surface area contributed by atoms with Gasteiger partial charge in [0.1, 0.15) is 0 Å². The number of nitrogens with zero attached hydrogens (tertiary/aromatic N) is 2. The lowest BCUT2D eigenvalue weighted by Gasteiger charge is -2.40. The molecule has 0 amide bonds. The molecule has 2 heterocycles. The molecule has 3 rings (SSSR count). The van der Waals surface area contributed by atoms with Gasteiger partial charge in [0.25, 0.3) is 0 Å². The van der Waals surface area contributed by atoms with Gasteiger partial charge in [0.15, 0.2) is 5.69 Å². The minimum atomic E-state index is -0.934. The predicted octanol–water partition coefficient (Wildman–Crippen LogP) is 2.94. The van der Waals surface area contributed by atoms with Crippen molar-refractivity contribution in [3.63, 3.8) is 0 Å². The van der Waals surface area contributed by atoms with E-state index in [1.807, 2.05) is 12.1 Å². The number of aromatic nitrogens is 1. The van der Waals surface area contributed by atoms with Crippen LogP contribution in [0.25, 0.3) is 0 Å². The number of rotatable bonds is 2. The summed E-state index contributed by atoms with van der Waals surface area (Å²) in [5, 5.41) is 9.21. The molecule has 2 fully saturated rings. The van der Waals surface area contributed by atoms with E-state index in [-0.39, 0.29) is 5.69 Å². The maximum absolute atomic E-state index is 11.2. The molecule has 0 aromatic carbocycles. The number of piperidine rings is 1. The van der Waals surface area contributed by atoms with Crippen LogP contribution in [0.2, 0.25) is 0 Å². The summed E-state index contributed by atoms with van der Waals surface area (Å²) in [6.07, 6.45) is 9.40. The fraction of sp³-hybridized carbons (Fsp3) is 0.600. The van der Waals surface area contributed by atoms with Crippen molar-refractivity contribution in [1.82, 2.24) is 4.98 Å². The Balaban J connectivity index is 1.76. The van der Waals surface area contributed by atoms with E-state index in [0.29, 0.717) is 5.41 Å². The highest BCUT2D eigenvalue weighted by atomic mass is 16.4. The summed E-state index contributed by atoms with van der Waals surface area (Å²) in [5.74, 6) is -0.934. The number of aromatic carboxylic acids is 1. The van der Waals surface area contributed by atoms with Crippen LogP contribution in [0, 0.1) is 5.41 Å². The van der Waals surface area contributed by atoms with Crippen LogP contribution >= 0.6 is 0 Å². The third kappa shape index (κ3) is 2.31. The van der Waals surface area contributed by atoms with E-state index >= 15 is 0 Å². The summed E-state index contributed by atoms with van der Waals surface area (Å²) in [5.41, 5.74) is 1.52. The van der Waals surface area contributed by atoms with Gasteiger partial charge in [0.2, 0.25) is 0 Å². The largest absolute Gasteiger partial charge is 0.476 e. The molecule has 4 heteroatoms. The Hall–Kier alpha value is -1.58. The molecule has 1 aromatic rings. The third-order valence-electron chi connectivity index (χ3n) is 4.82. The number of anilines is 1.